The van der Waals surface area contributed by atoms with Crippen molar-refractivity contribution in [3.63, 3.8) is 0 Å². The molecule has 1 fully saturated rings. The molecule has 1 aromatic heterocycles. The number of carboxylic acid groups (broad SMARTS) is 1. The van der Waals surface area contributed by atoms with Gasteiger partial charge in [0.2, 0.25) is 0 Å². The molecule has 18 heavy (non-hydrogen) atoms. The van der Waals surface area contributed by atoms with Crippen LogP contribution >= 0.6 is 11.6 Å². The van der Waals surface area contributed by atoms with Crippen LogP contribution in [0.1, 0.15) is 23.2 Å². The molecule has 0 atom stereocenters. The summed E-state index contributed by atoms with van der Waals surface area (Å²) in [5, 5.41) is 12.0. The minimum Gasteiger partial charge on any atom is -0.478 e. The predicted octanol–water partition coefficient (Wildman–Crippen LogP) is 2.27. The number of nitrogens with one attached hydrogen (secondary N) is 1. The summed E-state index contributed by atoms with van der Waals surface area (Å²) in [7, 11) is 0. The van der Waals surface area contributed by atoms with E-state index in [-0.39, 0.29) is 10.6 Å². The summed E-state index contributed by atoms with van der Waals surface area (Å²) in [6.45, 7) is 2.00. The second-order valence-corrected chi connectivity index (χ2v) is 4.71. The first-order chi connectivity index (χ1) is 8.66. The largest absolute Gasteiger partial charge is 0.478 e. The maximum atomic E-state index is 10.9. The molecule has 0 aromatic carbocycles. The van der Waals surface area contributed by atoms with E-state index in [2.05, 4.69) is 10.3 Å². The Kier molecular flexibility index (Phi) is 4.38. The summed E-state index contributed by atoms with van der Waals surface area (Å²) in [6, 6.07) is 1.42. The maximum absolute atomic E-state index is 10.9. The standard InChI is InChI=1S/C12H15ClN2O3/c13-10-6-15-11(5-9(10)12(16)17)14-3-4-18-7-8-1-2-8/h5-6,8H,1-4,7H2,(H,14,15)(H,16,17). The van der Waals surface area contributed by atoms with E-state index in [1.54, 1.807) is 0 Å². The Morgan fingerprint density at radius 2 is 2.39 bits per heavy atom. The van der Waals surface area contributed by atoms with Gasteiger partial charge in [-0.15, -0.1) is 0 Å². The molecule has 0 aliphatic heterocycles. The van der Waals surface area contributed by atoms with Crippen LogP contribution in [0.25, 0.3) is 0 Å². The summed E-state index contributed by atoms with van der Waals surface area (Å²) in [6.07, 6.45) is 3.88. The highest BCUT2D eigenvalue weighted by molar-refractivity contribution is 6.33. The molecular formula is C12H15ClN2O3. The quantitative estimate of drug-likeness (QED) is 0.744. The average molecular weight is 271 g/mol. The normalized spacial score (nSPS) is 14.5. The van der Waals surface area contributed by atoms with Crippen molar-refractivity contribution in [1.82, 2.24) is 4.98 Å². The third kappa shape index (κ3) is 3.85. The molecule has 6 heteroatoms. The molecule has 1 aromatic rings. The van der Waals surface area contributed by atoms with Crippen molar-refractivity contribution >= 4 is 23.4 Å². The molecule has 0 radical (unpaired) electrons. The number of aromatic carboxylic acids is 1. The average Bonchev–Trinajstić information content (AvgIpc) is 3.14. The highest BCUT2D eigenvalue weighted by Gasteiger charge is 2.20. The molecule has 0 saturated heterocycles. The van der Waals surface area contributed by atoms with Gasteiger partial charge in [-0.25, -0.2) is 9.78 Å². The highest BCUT2D eigenvalue weighted by atomic mass is 35.5. The fourth-order valence-electron chi connectivity index (χ4n) is 1.49. The van der Waals surface area contributed by atoms with Crippen LogP contribution < -0.4 is 5.32 Å². The lowest BCUT2D eigenvalue weighted by molar-refractivity contribution is 0.0697. The number of nitrogens with zero attached hydrogens (tertiary/aromatic N) is 1. The van der Waals surface area contributed by atoms with Crippen LogP contribution in [-0.4, -0.2) is 35.8 Å². The summed E-state index contributed by atoms with van der Waals surface area (Å²) in [5.74, 6) is 0.180. The van der Waals surface area contributed by atoms with Gasteiger partial charge >= 0.3 is 5.97 Å². The van der Waals surface area contributed by atoms with Gasteiger partial charge in [-0.1, -0.05) is 11.6 Å². The number of carbonyl (C=O) groups is 1. The minimum absolute atomic E-state index is 0.0491. The molecule has 98 valence electrons. The molecule has 2 rings (SSSR count). The Bertz CT molecular complexity index is 435. The van der Waals surface area contributed by atoms with Crippen molar-refractivity contribution in [3.8, 4) is 0 Å². The zero-order valence-electron chi connectivity index (χ0n) is 9.86. The summed E-state index contributed by atoms with van der Waals surface area (Å²) >= 11 is 5.72. The summed E-state index contributed by atoms with van der Waals surface area (Å²) in [4.78, 5) is 14.9. The molecule has 0 bridgehead atoms. The van der Waals surface area contributed by atoms with Crippen LogP contribution in [0.5, 0.6) is 0 Å². The minimum atomic E-state index is -1.06. The predicted molar refractivity (Wildman–Crippen MR) is 68.2 cm³/mol. The first-order valence-corrected chi connectivity index (χ1v) is 6.25. The zero-order valence-corrected chi connectivity index (χ0v) is 10.6. The lowest BCUT2D eigenvalue weighted by atomic mass is 10.2. The number of pyridine rings is 1. The monoisotopic (exact) mass is 270 g/mol. The Labute approximate surface area is 110 Å². The van der Waals surface area contributed by atoms with E-state index in [0.29, 0.717) is 19.0 Å². The zero-order chi connectivity index (χ0) is 13.0. The number of rotatable bonds is 7. The second kappa shape index (κ2) is 6.02. The summed E-state index contributed by atoms with van der Waals surface area (Å²) < 4.78 is 5.45. The number of halogens is 1. The molecule has 1 aliphatic rings. The molecule has 2 N–H and O–H groups in total. The third-order valence-electron chi connectivity index (χ3n) is 2.69. The maximum Gasteiger partial charge on any atom is 0.337 e. The number of ether oxygens (including phenoxy) is 1. The van der Waals surface area contributed by atoms with E-state index < -0.39 is 5.97 Å². The van der Waals surface area contributed by atoms with Crippen molar-refractivity contribution in [2.24, 2.45) is 5.92 Å². The Balaban J connectivity index is 1.77. The third-order valence-corrected chi connectivity index (χ3v) is 2.99. The van der Waals surface area contributed by atoms with Gasteiger partial charge in [0.1, 0.15) is 5.82 Å². The Morgan fingerprint density at radius 3 is 3.06 bits per heavy atom. The van der Waals surface area contributed by atoms with Crippen LogP contribution in [0, 0.1) is 5.92 Å². The molecule has 5 nitrogen and oxygen atoms in total. The number of hydrogen-bond acceptors (Lipinski definition) is 4. The van der Waals surface area contributed by atoms with Crippen molar-refractivity contribution < 1.29 is 14.6 Å². The molecule has 1 aliphatic carbocycles. The van der Waals surface area contributed by atoms with Gasteiger partial charge in [0.15, 0.2) is 0 Å². The molecule has 1 saturated carbocycles. The van der Waals surface area contributed by atoms with Crippen LogP contribution in [0.15, 0.2) is 12.3 Å². The number of carboxylic acids is 1. The smallest absolute Gasteiger partial charge is 0.337 e. The van der Waals surface area contributed by atoms with Gasteiger partial charge < -0.3 is 15.2 Å². The summed E-state index contributed by atoms with van der Waals surface area (Å²) in [5.41, 5.74) is 0.0491. The van der Waals surface area contributed by atoms with Gasteiger partial charge in [0.25, 0.3) is 0 Å². The van der Waals surface area contributed by atoms with Crippen molar-refractivity contribution in [1.29, 1.82) is 0 Å². The van der Waals surface area contributed by atoms with Crippen molar-refractivity contribution in [2.45, 2.75) is 12.8 Å². The lowest BCUT2D eigenvalue weighted by Crippen LogP contribution is -2.12. The SMILES string of the molecule is O=C(O)c1cc(NCCOCC2CC2)ncc1Cl. The Morgan fingerprint density at radius 1 is 1.61 bits per heavy atom. The number of anilines is 1. The molecule has 0 unspecified atom stereocenters. The fraction of sp³-hybridized carbons (Fsp3) is 0.500. The lowest BCUT2D eigenvalue weighted by Gasteiger charge is -2.07. The number of aromatic nitrogens is 1. The number of hydrogen-bond donors (Lipinski definition) is 2. The van der Waals surface area contributed by atoms with Crippen LogP contribution in [0.4, 0.5) is 5.82 Å². The first kappa shape index (κ1) is 13.1. The van der Waals surface area contributed by atoms with E-state index in [0.717, 1.165) is 12.5 Å². The van der Waals surface area contributed by atoms with Crippen LogP contribution in [0.3, 0.4) is 0 Å². The topological polar surface area (TPSA) is 71.5 Å². The van der Waals surface area contributed by atoms with Gasteiger partial charge in [0, 0.05) is 19.3 Å². The highest BCUT2D eigenvalue weighted by Crippen LogP contribution is 2.28. The van der Waals surface area contributed by atoms with Gasteiger partial charge in [0.05, 0.1) is 17.2 Å². The fourth-order valence-corrected chi connectivity index (χ4v) is 1.67. The van der Waals surface area contributed by atoms with Gasteiger partial charge in [-0.3, -0.25) is 0 Å². The van der Waals surface area contributed by atoms with Crippen molar-refractivity contribution in [2.75, 3.05) is 25.1 Å². The van der Waals surface area contributed by atoms with Crippen LogP contribution in [-0.2, 0) is 4.74 Å². The van der Waals surface area contributed by atoms with E-state index in [1.807, 2.05) is 0 Å². The molecule has 1 heterocycles. The second-order valence-electron chi connectivity index (χ2n) is 4.30. The molecule has 0 spiro atoms. The van der Waals surface area contributed by atoms with E-state index in [1.165, 1.54) is 25.1 Å². The molecule has 0 amide bonds. The van der Waals surface area contributed by atoms with Gasteiger partial charge in [-0.05, 0) is 24.8 Å². The van der Waals surface area contributed by atoms with Gasteiger partial charge in [-0.2, -0.15) is 0 Å². The molecular weight excluding hydrogens is 256 g/mol. The van der Waals surface area contributed by atoms with Crippen molar-refractivity contribution in [3.05, 3.63) is 22.8 Å². The van der Waals surface area contributed by atoms with E-state index in [9.17, 15) is 4.79 Å². The van der Waals surface area contributed by atoms with E-state index >= 15 is 0 Å². The van der Waals surface area contributed by atoms with E-state index in [4.69, 9.17) is 21.4 Å². The Hall–Kier alpha value is -1.33. The van der Waals surface area contributed by atoms with Crippen LogP contribution in [0.2, 0.25) is 5.02 Å². The first-order valence-electron chi connectivity index (χ1n) is 5.87.